The van der Waals surface area contributed by atoms with Gasteiger partial charge in [-0.15, -0.1) is 0 Å². The monoisotopic (exact) mass is 760 g/mol. The van der Waals surface area contributed by atoms with Crippen LogP contribution in [0.25, 0.3) is 5.69 Å². The SMILES string of the molecule is CC(C)n1cc(C(=O)Nc2ccc(Oc3ncnc4c3CCN(C(=O)CN3CCN(C(=O)OC(C)(C)C)CC3)C4)c(F)c2)c(=O)n(-c2ccc(F)cc2)c1=O. The molecule has 4 aromatic rings. The zero-order valence-electron chi connectivity index (χ0n) is 31.2. The molecule has 0 aliphatic carbocycles. The van der Waals surface area contributed by atoms with Gasteiger partial charge >= 0.3 is 11.8 Å². The van der Waals surface area contributed by atoms with Crippen LogP contribution in [0.4, 0.5) is 19.3 Å². The number of nitrogens with one attached hydrogen (secondary N) is 1. The Morgan fingerprint density at radius 3 is 2.29 bits per heavy atom. The number of halogens is 2. The summed E-state index contributed by atoms with van der Waals surface area (Å²) in [5.41, 5.74) is -1.34. The lowest BCUT2D eigenvalue weighted by molar-refractivity contribution is -0.133. The van der Waals surface area contributed by atoms with Crippen molar-refractivity contribution in [2.24, 2.45) is 0 Å². The fourth-order valence-corrected chi connectivity index (χ4v) is 6.21. The minimum atomic E-state index is -0.932. The average Bonchev–Trinajstić information content (AvgIpc) is 3.13. The highest BCUT2D eigenvalue weighted by molar-refractivity contribution is 6.03. The van der Waals surface area contributed by atoms with E-state index < -0.39 is 40.4 Å². The van der Waals surface area contributed by atoms with Crippen LogP contribution in [0.2, 0.25) is 0 Å². The summed E-state index contributed by atoms with van der Waals surface area (Å²) < 4.78 is 42.3. The van der Waals surface area contributed by atoms with E-state index in [9.17, 15) is 28.4 Å². The molecule has 2 aromatic carbocycles. The Morgan fingerprint density at radius 2 is 1.64 bits per heavy atom. The summed E-state index contributed by atoms with van der Waals surface area (Å²) in [5.74, 6) is -2.43. The maximum absolute atomic E-state index is 15.4. The van der Waals surface area contributed by atoms with E-state index in [-0.39, 0.29) is 53.7 Å². The number of amides is 3. The van der Waals surface area contributed by atoms with Crippen LogP contribution in [-0.2, 0) is 22.5 Å². The zero-order valence-corrected chi connectivity index (χ0v) is 31.2. The highest BCUT2D eigenvalue weighted by atomic mass is 19.1. The lowest BCUT2D eigenvalue weighted by Gasteiger charge is -2.36. The number of hydrogen-bond donors (Lipinski definition) is 1. The minimum Gasteiger partial charge on any atom is -0.444 e. The molecule has 1 fully saturated rings. The quantitative estimate of drug-likeness (QED) is 0.277. The Balaban J connectivity index is 1.10. The maximum atomic E-state index is 15.4. The smallest absolute Gasteiger partial charge is 0.410 e. The number of fused-ring (bicyclic) bond motifs is 1. The van der Waals surface area contributed by atoms with E-state index in [1.165, 1.54) is 35.2 Å². The number of piperazine rings is 1. The molecule has 2 aromatic heterocycles. The van der Waals surface area contributed by atoms with Gasteiger partial charge in [0.1, 0.15) is 23.3 Å². The summed E-state index contributed by atoms with van der Waals surface area (Å²) in [5, 5.41) is 2.50. The van der Waals surface area contributed by atoms with Gasteiger partial charge in [0.05, 0.1) is 24.5 Å². The number of carbonyl (C=O) groups excluding carboxylic acids is 3. The Bertz CT molecular complexity index is 2230. The van der Waals surface area contributed by atoms with Gasteiger partial charge in [-0.2, -0.15) is 0 Å². The third-order valence-corrected chi connectivity index (χ3v) is 9.10. The highest BCUT2D eigenvalue weighted by Crippen LogP contribution is 2.31. The molecule has 0 saturated carbocycles. The molecule has 290 valence electrons. The molecule has 0 bridgehead atoms. The van der Waals surface area contributed by atoms with E-state index >= 15 is 4.39 Å². The first-order chi connectivity index (χ1) is 26.1. The number of nitrogens with zero attached hydrogens (tertiary/aromatic N) is 7. The van der Waals surface area contributed by atoms with Crippen molar-refractivity contribution in [3.05, 3.63) is 104 Å². The Hall–Kier alpha value is -5.97. The summed E-state index contributed by atoms with van der Waals surface area (Å²) in [6.07, 6.45) is 2.42. The Kier molecular flexibility index (Phi) is 11.1. The van der Waals surface area contributed by atoms with Crippen molar-refractivity contribution >= 4 is 23.6 Å². The van der Waals surface area contributed by atoms with Crippen molar-refractivity contribution in [1.82, 2.24) is 33.8 Å². The predicted molar refractivity (Wildman–Crippen MR) is 196 cm³/mol. The number of rotatable bonds is 8. The van der Waals surface area contributed by atoms with Gasteiger partial charge in [0.15, 0.2) is 11.6 Å². The van der Waals surface area contributed by atoms with Crippen LogP contribution in [0.3, 0.4) is 0 Å². The van der Waals surface area contributed by atoms with Gasteiger partial charge in [-0.3, -0.25) is 23.9 Å². The molecule has 2 aliphatic rings. The summed E-state index contributed by atoms with van der Waals surface area (Å²) >= 11 is 0. The number of carbonyl (C=O) groups is 3. The van der Waals surface area contributed by atoms with Crippen LogP contribution < -0.4 is 21.3 Å². The van der Waals surface area contributed by atoms with Gasteiger partial charge in [-0.1, -0.05) is 0 Å². The zero-order chi connectivity index (χ0) is 39.6. The van der Waals surface area contributed by atoms with E-state index in [0.717, 1.165) is 29.0 Å². The van der Waals surface area contributed by atoms with Crippen LogP contribution >= 0.6 is 0 Å². The molecule has 15 nitrogen and oxygen atoms in total. The van der Waals surface area contributed by atoms with Crippen molar-refractivity contribution in [2.75, 3.05) is 44.6 Å². The fraction of sp³-hybridized carbons (Fsp3) is 0.395. The van der Waals surface area contributed by atoms with Gasteiger partial charge in [-0.25, -0.2) is 32.9 Å². The molecule has 6 rings (SSSR count). The van der Waals surface area contributed by atoms with Crippen molar-refractivity contribution in [3.63, 3.8) is 0 Å². The molecule has 0 unspecified atom stereocenters. The lowest BCUT2D eigenvalue weighted by atomic mass is 10.1. The molecule has 17 heteroatoms. The Labute approximate surface area is 315 Å². The minimum absolute atomic E-state index is 0.00926. The van der Waals surface area contributed by atoms with Gasteiger partial charge in [0.2, 0.25) is 11.8 Å². The van der Waals surface area contributed by atoms with Crippen molar-refractivity contribution < 1.29 is 32.6 Å². The molecular weight excluding hydrogens is 718 g/mol. The lowest BCUT2D eigenvalue weighted by Crippen LogP contribution is -2.52. The molecular formula is C38H42F2N8O7. The maximum Gasteiger partial charge on any atom is 0.410 e. The van der Waals surface area contributed by atoms with Gasteiger partial charge in [0.25, 0.3) is 11.5 Å². The second kappa shape index (κ2) is 15.8. The van der Waals surface area contributed by atoms with Crippen LogP contribution in [0.15, 0.2) is 64.6 Å². The van der Waals surface area contributed by atoms with E-state index in [4.69, 9.17) is 9.47 Å². The summed E-state index contributed by atoms with van der Waals surface area (Å²) in [7, 11) is 0. The van der Waals surface area contributed by atoms with Crippen LogP contribution in [-0.4, -0.2) is 96.6 Å². The van der Waals surface area contributed by atoms with Crippen molar-refractivity contribution in [3.8, 4) is 17.3 Å². The molecule has 0 spiro atoms. The molecule has 0 atom stereocenters. The molecule has 1 N–H and O–H groups in total. The fourth-order valence-electron chi connectivity index (χ4n) is 6.21. The first kappa shape index (κ1) is 38.7. The Morgan fingerprint density at radius 1 is 0.927 bits per heavy atom. The molecule has 0 radical (unpaired) electrons. The second-order valence-electron chi connectivity index (χ2n) is 14.6. The van der Waals surface area contributed by atoms with Crippen LogP contribution in [0.1, 0.15) is 62.3 Å². The first-order valence-corrected chi connectivity index (χ1v) is 17.8. The van der Waals surface area contributed by atoms with E-state index in [2.05, 4.69) is 15.3 Å². The summed E-state index contributed by atoms with van der Waals surface area (Å²) in [6, 6.07) is 7.96. The molecule has 2 aliphatic heterocycles. The van der Waals surface area contributed by atoms with Gasteiger partial charge in [-0.05, 0) is 77.4 Å². The van der Waals surface area contributed by atoms with Crippen molar-refractivity contribution in [1.29, 1.82) is 0 Å². The standard InChI is InChI=1S/C38H42F2N8O7/c1-23(2)47-19-28(35(51)48(36(47)52)26-9-6-24(39)7-10-26)33(50)43-25-8-11-31(29(40)18-25)54-34-27-12-13-46(20-30(27)41-22-42-34)32(49)21-44-14-16-45(17-15-44)37(53)55-38(3,4)5/h6-11,18-19,22-23H,12-17,20-21H2,1-5H3,(H,43,50). The molecule has 3 amide bonds. The second-order valence-corrected chi connectivity index (χ2v) is 14.6. The predicted octanol–water partition coefficient (Wildman–Crippen LogP) is 4.13. The topological polar surface area (TPSA) is 161 Å². The third kappa shape index (κ3) is 8.88. The largest absolute Gasteiger partial charge is 0.444 e. The molecule has 1 saturated heterocycles. The first-order valence-electron chi connectivity index (χ1n) is 17.8. The van der Waals surface area contributed by atoms with Gasteiger partial charge < -0.3 is 24.6 Å². The molecule has 4 heterocycles. The number of anilines is 1. The van der Waals surface area contributed by atoms with E-state index in [1.54, 1.807) is 23.6 Å². The van der Waals surface area contributed by atoms with Crippen LogP contribution in [0, 0.1) is 11.6 Å². The van der Waals surface area contributed by atoms with E-state index in [1.807, 2.05) is 25.7 Å². The third-order valence-electron chi connectivity index (χ3n) is 9.10. The normalized spacial score (nSPS) is 14.8. The summed E-state index contributed by atoms with van der Waals surface area (Å²) in [4.78, 5) is 79.4. The van der Waals surface area contributed by atoms with Crippen LogP contribution in [0.5, 0.6) is 11.6 Å². The summed E-state index contributed by atoms with van der Waals surface area (Å²) in [6.45, 7) is 11.6. The number of benzene rings is 2. The average molecular weight is 761 g/mol. The highest BCUT2D eigenvalue weighted by Gasteiger charge is 2.30. The number of aromatic nitrogens is 4. The van der Waals surface area contributed by atoms with Crippen molar-refractivity contribution in [2.45, 2.75) is 59.2 Å². The number of ether oxygens (including phenoxy) is 2. The van der Waals surface area contributed by atoms with Gasteiger partial charge in [0, 0.05) is 62.3 Å². The van der Waals surface area contributed by atoms with E-state index in [0.29, 0.717) is 50.4 Å². The number of hydrogen-bond acceptors (Lipinski definition) is 10. The molecule has 55 heavy (non-hydrogen) atoms.